The number of alkyl halides is 6. The fraction of sp³-hybridized carbons (Fsp3) is 0.550. The number of carbonyl (C=O) groups is 1. The number of anilines is 2. The van der Waals surface area contributed by atoms with E-state index in [4.69, 9.17) is 14.7 Å². The molecule has 2 aromatic heterocycles. The molecule has 6 heterocycles. The van der Waals surface area contributed by atoms with Gasteiger partial charge in [0.25, 0.3) is 0 Å². The van der Waals surface area contributed by atoms with E-state index in [9.17, 15) is 31.1 Å². The highest BCUT2D eigenvalue weighted by molar-refractivity contribution is 6.06. The zero-order chi connectivity index (χ0) is 39.2. The van der Waals surface area contributed by atoms with Gasteiger partial charge in [-0.3, -0.25) is 14.8 Å². The average molecular weight is 783 g/mol. The van der Waals surface area contributed by atoms with Gasteiger partial charge in [-0.15, -0.1) is 0 Å². The predicted molar refractivity (Wildman–Crippen MR) is 200 cm³/mol. The van der Waals surface area contributed by atoms with Gasteiger partial charge in [0.2, 0.25) is 11.9 Å². The molecule has 2 spiro atoms. The SMILES string of the molecule is C=CC(=O)N1CC2(CCN(c3nc(N4CC5(CCN(CC(F)(F)F)CC5)C4)nc4c(OCC(F)(F)F)c(-c5c(C)ccc6[nH]ncc56)c(C5CC5)cc34)CC2)C1. The largest absolute Gasteiger partial charge is 0.481 e. The van der Waals surface area contributed by atoms with E-state index in [-0.39, 0.29) is 28.4 Å². The standard InChI is InChI=1S/C40H44F6N8O2/c1-3-30(55)53-18-38(19-53)10-14-52(15-11-38)35-27-16-26(25-5-6-25)32(31-24(2)4-7-29-28(31)17-47-50-29)34(56-23-40(44,45)46)33(27)48-36(49-35)54-20-37(21-54)8-12-51(13-9-37)22-39(41,42)43/h3-4,7,16-17,25H,1,5-6,8-15,18-23H2,2H3,(H,47,50). The highest BCUT2D eigenvalue weighted by Gasteiger charge is 2.49. The van der Waals surface area contributed by atoms with Crippen LogP contribution in [0.1, 0.15) is 55.6 Å². The number of fused-ring (bicyclic) bond motifs is 2. The number of aryl methyl sites for hydroxylation is 1. The number of likely N-dealkylation sites (tertiary alicyclic amines) is 2. The number of hydrogen-bond donors (Lipinski definition) is 1. The van der Waals surface area contributed by atoms with Crippen molar-refractivity contribution < 1.29 is 35.9 Å². The summed E-state index contributed by atoms with van der Waals surface area (Å²) in [5, 5.41) is 8.66. The molecule has 4 saturated heterocycles. The molecule has 0 unspecified atom stereocenters. The summed E-state index contributed by atoms with van der Waals surface area (Å²) in [6, 6.07) is 5.89. The molecule has 0 radical (unpaired) electrons. The molecule has 1 aliphatic carbocycles. The van der Waals surface area contributed by atoms with Gasteiger partial charge in [-0.25, -0.2) is 4.98 Å². The van der Waals surface area contributed by atoms with Crippen molar-refractivity contribution in [3.63, 3.8) is 0 Å². The molecule has 1 N–H and O–H groups in total. The summed E-state index contributed by atoms with van der Waals surface area (Å²) in [5.74, 6) is 1.08. The molecular formula is C40H44F6N8O2. The molecule has 1 saturated carbocycles. The number of H-pyrrole nitrogens is 1. The summed E-state index contributed by atoms with van der Waals surface area (Å²) in [4.78, 5) is 29.9. The van der Waals surface area contributed by atoms with Crippen LogP contribution in [-0.4, -0.2) is 114 Å². The molecule has 9 rings (SSSR count). The fourth-order valence-electron chi connectivity index (χ4n) is 9.56. The Hall–Kier alpha value is -4.60. The van der Waals surface area contributed by atoms with Gasteiger partial charge in [0.15, 0.2) is 12.4 Å². The highest BCUT2D eigenvalue weighted by Crippen LogP contribution is 2.54. The summed E-state index contributed by atoms with van der Waals surface area (Å²) in [7, 11) is 0. The maximum Gasteiger partial charge on any atom is 0.422 e. The number of hydrogen-bond acceptors (Lipinski definition) is 8. The maximum atomic E-state index is 14.1. The van der Waals surface area contributed by atoms with E-state index < -0.39 is 25.5 Å². The van der Waals surface area contributed by atoms with Crippen LogP contribution in [-0.2, 0) is 4.79 Å². The monoisotopic (exact) mass is 782 g/mol. The zero-order valence-corrected chi connectivity index (χ0v) is 31.2. The van der Waals surface area contributed by atoms with E-state index in [1.807, 2.05) is 24.0 Å². The normalized spacial score (nSPS) is 21.2. The van der Waals surface area contributed by atoms with E-state index in [1.165, 1.54) is 11.0 Å². The first kappa shape index (κ1) is 37.0. The molecule has 0 bridgehead atoms. The lowest BCUT2D eigenvalue weighted by molar-refractivity contribution is -0.153. The first-order chi connectivity index (χ1) is 26.6. The van der Waals surface area contributed by atoms with Crippen molar-refractivity contribution in [3.05, 3.63) is 48.2 Å². The number of nitrogens with zero attached hydrogens (tertiary/aromatic N) is 7. The zero-order valence-electron chi connectivity index (χ0n) is 31.2. The van der Waals surface area contributed by atoms with Crippen LogP contribution in [0.5, 0.6) is 5.75 Å². The molecule has 10 nitrogen and oxygen atoms in total. The number of benzene rings is 2. The number of aromatic nitrogens is 4. The number of aromatic amines is 1. The maximum absolute atomic E-state index is 14.1. The van der Waals surface area contributed by atoms with Crippen molar-refractivity contribution in [1.82, 2.24) is 30.0 Å². The second-order valence-corrected chi connectivity index (χ2v) is 16.8. The Bertz CT molecular complexity index is 2180. The van der Waals surface area contributed by atoms with Crippen LogP contribution in [0.3, 0.4) is 0 Å². The summed E-state index contributed by atoms with van der Waals surface area (Å²) in [6.45, 7) is 7.43. The number of nitrogens with one attached hydrogen (secondary N) is 1. The van der Waals surface area contributed by atoms with Crippen LogP contribution < -0.4 is 14.5 Å². The molecule has 5 fully saturated rings. The molecule has 5 aliphatic rings. The quantitative estimate of drug-likeness (QED) is 0.146. The molecule has 56 heavy (non-hydrogen) atoms. The van der Waals surface area contributed by atoms with Crippen molar-refractivity contribution in [1.29, 1.82) is 0 Å². The Balaban J connectivity index is 1.15. The van der Waals surface area contributed by atoms with E-state index in [0.29, 0.717) is 93.4 Å². The van der Waals surface area contributed by atoms with Crippen LogP contribution in [0.15, 0.2) is 37.1 Å². The fourth-order valence-corrected chi connectivity index (χ4v) is 9.56. The highest BCUT2D eigenvalue weighted by atomic mass is 19.4. The van der Waals surface area contributed by atoms with Crippen LogP contribution in [0.25, 0.3) is 32.9 Å². The predicted octanol–water partition coefficient (Wildman–Crippen LogP) is 7.38. The van der Waals surface area contributed by atoms with Crippen molar-refractivity contribution >= 4 is 39.5 Å². The molecule has 4 aliphatic heterocycles. The van der Waals surface area contributed by atoms with E-state index in [2.05, 4.69) is 27.7 Å². The van der Waals surface area contributed by atoms with Gasteiger partial charge < -0.3 is 19.4 Å². The van der Waals surface area contributed by atoms with Crippen molar-refractivity contribution in [2.75, 3.05) is 75.3 Å². The van der Waals surface area contributed by atoms with Gasteiger partial charge in [-0.1, -0.05) is 12.6 Å². The molecule has 0 atom stereocenters. The van der Waals surface area contributed by atoms with Gasteiger partial charge >= 0.3 is 12.4 Å². The minimum atomic E-state index is -4.62. The topological polar surface area (TPSA) is 93.7 Å². The average Bonchev–Trinajstić information content (AvgIpc) is 3.86. The van der Waals surface area contributed by atoms with E-state index in [1.54, 1.807) is 11.1 Å². The lowest BCUT2D eigenvalue weighted by Crippen LogP contribution is -2.62. The first-order valence-corrected chi connectivity index (χ1v) is 19.3. The van der Waals surface area contributed by atoms with Crippen molar-refractivity contribution in [2.24, 2.45) is 10.8 Å². The third kappa shape index (κ3) is 6.81. The second-order valence-electron chi connectivity index (χ2n) is 16.8. The van der Waals surface area contributed by atoms with Gasteiger partial charge in [0, 0.05) is 66.4 Å². The van der Waals surface area contributed by atoms with E-state index >= 15 is 0 Å². The number of rotatable bonds is 8. The molecule has 1 amide bonds. The van der Waals surface area contributed by atoms with E-state index in [0.717, 1.165) is 53.3 Å². The third-order valence-corrected chi connectivity index (χ3v) is 12.7. The van der Waals surface area contributed by atoms with Gasteiger partial charge in [0.05, 0.1) is 18.3 Å². The number of piperidine rings is 2. The Morgan fingerprint density at radius 3 is 2.23 bits per heavy atom. The summed E-state index contributed by atoms with van der Waals surface area (Å²) in [6.07, 6.45) is -1.27. The second kappa shape index (κ2) is 13.2. The van der Waals surface area contributed by atoms with Crippen LogP contribution >= 0.6 is 0 Å². The molecule has 4 aromatic rings. The Morgan fingerprint density at radius 1 is 0.911 bits per heavy atom. The Morgan fingerprint density at radius 2 is 1.59 bits per heavy atom. The van der Waals surface area contributed by atoms with Crippen LogP contribution in [0.4, 0.5) is 38.1 Å². The molecule has 16 heteroatoms. The summed E-state index contributed by atoms with van der Waals surface area (Å²) in [5.41, 5.74) is 3.92. The van der Waals surface area contributed by atoms with Gasteiger partial charge in [-0.2, -0.15) is 36.4 Å². The molecule has 2 aromatic carbocycles. The lowest BCUT2D eigenvalue weighted by atomic mass is 9.72. The smallest absolute Gasteiger partial charge is 0.422 e. The first-order valence-electron chi connectivity index (χ1n) is 19.3. The van der Waals surface area contributed by atoms with Gasteiger partial charge in [0.1, 0.15) is 11.3 Å². The minimum absolute atomic E-state index is 0.0141. The number of amides is 1. The summed E-state index contributed by atoms with van der Waals surface area (Å²) < 4.78 is 87.7. The Kier molecular flexibility index (Phi) is 8.75. The summed E-state index contributed by atoms with van der Waals surface area (Å²) >= 11 is 0. The third-order valence-electron chi connectivity index (χ3n) is 12.7. The molecule has 298 valence electrons. The minimum Gasteiger partial charge on any atom is -0.481 e. The van der Waals surface area contributed by atoms with Crippen molar-refractivity contribution in [2.45, 2.75) is 63.7 Å². The number of carbonyl (C=O) groups excluding carboxylic acids is 1. The van der Waals surface area contributed by atoms with Crippen molar-refractivity contribution in [3.8, 4) is 16.9 Å². The number of halogens is 6. The molecular weight excluding hydrogens is 738 g/mol. The van der Waals surface area contributed by atoms with Gasteiger partial charge in [-0.05, 0) is 99.4 Å². The van der Waals surface area contributed by atoms with Crippen LogP contribution in [0.2, 0.25) is 0 Å². The number of ether oxygens (including phenoxy) is 1. The lowest BCUT2D eigenvalue weighted by Gasteiger charge is -2.54. The van der Waals surface area contributed by atoms with Crippen LogP contribution in [0, 0.1) is 17.8 Å². The Labute approximate surface area is 319 Å².